The van der Waals surface area contributed by atoms with E-state index in [2.05, 4.69) is 10.3 Å². The smallest absolute Gasteiger partial charge is 0.270 e. The lowest BCUT2D eigenvalue weighted by Gasteiger charge is -2.28. The summed E-state index contributed by atoms with van der Waals surface area (Å²) in [6.45, 7) is 1.82. The number of nitrogens with zero attached hydrogens (tertiary/aromatic N) is 2. The van der Waals surface area contributed by atoms with E-state index < -0.39 is 0 Å². The number of pyridine rings is 1. The van der Waals surface area contributed by atoms with Crippen LogP contribution in [0.15, 0.2) is 29.2 Å². The number of fused-ring (bicyclic) bond motifs is 1. The molecule has 0 unspecified atom stereocenters. The standard InChI is InChI=1S/C17H21N3O3/c1-11-4-3-5-15-18-10-14(17(22)20(11)15)16(21)19-12-6-8-13(23-2)9-7-12/h3-5,10,12-13H,6-9H2,1-2H3,(H,19,21). The van der Waals surface area contributed by atoms with Gasteiger partial charge in [0.05, 0.1) is 6.10 Å². The van der Waals surface area contributed by atoms with Crippen LogP contribution in [0.25, 0.3) is 5.65 Å². The van der Waals surface area contributed by atoms with E-state index in [4.69, 9.17) is 4.74 Å². The van der Waals surface area contributed by atoms with E-state index in [1.165, 1.54) is 10.6 Å². The van der Waals surface area contributed by atoms with Gasteiger partial charge >= 0.3 is 0 Å². The first-order valence-corrected chi connectivity index (χ1v) is 7.91. The topological polar surface area (TPSA) is 72.7 Å². The number of carbonyl (C=O) groups excluding carboxylic acids is 1. The second-order valence-electron chi connectivity index (χ2n) is 6.02. The van der Waals surface area contributed by atoms with Gasteiger partial charge in [0, 0.05) is 25.0 Å². The van der Waals surface area contributed by atoms with Gasteiger partial charge in [-0.1, -0.05) is 6.07 Å². The number of rotatable bonds is 3. The molecule has 3 rings (SSSR count). The van der Waals surface area contributed by atoms with Gasteiger partial charge in [0.15, 0.2) is 0 Å². The SMILES string of the molecule is COC1CCC(NC(=O)c2cnc3cccc(C)n3c2=O)CC1. The molecular formula is C17H21N3O3. The average Bonchev–Trinajstić information content (AvgIpc) is 2.55. The molecule has 0 atom stereocenters. The lowest BCUT2D eigenvalue weighted by molar-refractivity contribution is 0.0599. The molecule has 1 amide bonds. The van der Waals surface area contributed by atoms with E-state index in [1.807, 2.05) is 19.1 Å². The molecule has 2 aromatic heterocycles. The highest BCUT2D eigenvalue weighted by Crippen LogP contribution is 2.20. The third-order valence-corrected chi connectivity index (χ3v) is 4.51. The van der Waals surface area contributed by atoms with Crippen molar-refractivity contribution in [2.45, 2.75) is 44.8 Å². The van der Waals surface area contributed by atoms with Gasteiger partial charge in [0.2, 0.25) is 0 Å². The Morgan fingerprint density at radius 3 is 2.74 bits per heavy atom. The molecule has 0 radical (unpaired) electrons. The summed E-state index contributed by atoms with van der Waals surface area (Å²) in [6.07, 6.45) is 5.23. The number of hydrogen-bond donors (Lipinski definition) is 1. The number of methoxy groups -OCH3 is 1. The molecule has 1 aliphatic carbocycles. The van der Waals surface area contributed by atoms with Crippen molar-refractivity contribution in [1.29, 1.82) is 0 Å². The fraction of sp³-hybridized carbons (Fsp3) is 0.471. The molecule has 6 heteroatoms. The lowest BCUT2D eigenvalue weighted by atomic mass is 9.93. The molecule has 6 nitrogen and oxygen atoms in total. The zero-order valence-electron chi connectivity index (χ0n) is 13.4. The average molecular weight is 315 g/mol. The van der Waals surface area contributed by atoms with Crippen molar-refractivity contribution in [3.63, 3.8) is 0 Å². The van der Waals surface area contributed by atoms with E-state index in [0.29, 0.717) is 5.65 Å². The maximum atomic E-state index is 12.6. The van der Waals surface area contributed by atoms with Gasteiger partial charge in [0.25, 0.3) is 11.5 Å². The van der Waals surface area contributed by atoms with Crippen molar-refractivity contribution in [2.75, 3.05) is 7.11 Å². The molecule has 1 saturated carbocycles. The number of ether oxygens (including phenoxy) is 1. The molecule has 2 aromatic rings. The summed E-state index contributed by atoms with van der Waals surface area (Å²) in [4.78, 5) is 29.2. The van der Waals surface area contributed by atoms with Crippen molar-refractivity contribution in [3.05, 3.63) is 46.0 Å². The number of carbonyl (C=O) groups is 1. The van der Waals surface area contributed by atoms with E-state index in [1.54, 1.807) is 13.2 Å². The maximum absolute atomic E-state index is 12.6. The van der Waals surface area contributed by atoms with Crippen molar-refractivity contribution in [1.82, 2.24) is 14.7 Å². The van der Waals surface area contributed by atoms with Crippen LogP contribution >= 0.6 is 0 Å². The van der Waals surface area contributed by atoms with E-state index in [-0.39, 0.29) is 29.2 Å². The van der Waals surface area contributed by atoms with Crippen LogP contribution in [-0.4, -0.2) is 34.5 Å². The first-order valence-electron chi connectivity index (χ1n) is 7.91. The number of aryl methyl sites for hydroxylation is 1. The van der Waals surface area contributed by atoms with Gasteiger partial charge in [-0.2, -0.15) is 0 Å². The van der Waals surface area contributed by atoms with Crippen molar-refractivity contribution >= 4 is 11.6 Å². The third kappa shape index (κ3) is 3.12. The number of amides is 1. The van der Waals surface area contributed by atoms with Gasteiger partial charge in [0.1, 0.15) is 11.2 Å². The molecule has 0 aromatic carbocycles. The van der Waals surface area contributed by atoms with Gasteiger partial charge < -0.3 is 10.1 Å². The normalized spacial score (nSPS) is 21.3. The fourth-order valence-corrected chi connectivity index (χ4v) is 3.14. The predicted molar refractivity (Wildman–Crippen MR) is 86.7 cm³/mol. The van der Waals surface area contributed by atoms with E-state index >= 15 is 0 Å². The molecule has 1 aliphatic rings. The number of hydrogen-bond acceptors (Lipinski definition) is 4. The highest BCUT2D eigenvalue weighted by Gasteiger charge is 2.23. The third-order valence-electron chi connectivity index (χ3n) is 4.51. The molecular weight excluding hydrogens is 294 g/mol. The van der Waals surface area contributed by atoms with Crippen LogP contribution in [0, 0.1) is 6.92 Å². The summed E-state index contributed by atoms with van der Waals surface area (Å²) in [5, 5.41) is 2.96. The molecule has 2 heterocycles. The predicted octanol–water partition coefficient (Wildman–Crippen LogP) is 1.69. The van der Waals surface area contributed by atoms with Crippen LogP contribution < -0.4 is 10.9 Å². The first kappa shape index (κ1) is 15.7. The number of nitrogens with one attached hydrogen (secondary N) is 1. The second kappa shape index (κ2) is 6.50. The summed E-state index contributed by atoms with van der Waals surface area (Å²) in [5.74, 6) is -0.346. The van der Waals surface area contributed by atoms with Crippen molar-refractivity contribution in [2.24, 2.45) is 0 Å². The van der Waals surface area contributed by atoms with Crippen LogP contribution in [0.5, 0.6) is 0 Å². The van der Waals surface area contributed by atoms with Crippen molar-refractivity contribution < 1.29 is 9.53 Å². The van der Waals surface area contributed by atoms with E-state index in [0.717, 1.165) is 31.4 Å². The molecule has 1 N–H and O–H groups in total. The Morgan fingerprint density at radius 2 is 2.04 bits per heavy atom. The molecule has 0 aliphatic heterocycles. The fourth-order valence-electron chi connectivity index (χ4n) is 3.14. The molecule has 0 saturated heterocycles. The molecule has 0 bridgehead atoms. The summed E-state index contributed by atoms with van der Waals surface area (Å²) in [7, 11) is 1.72. The molecule has 23 heavy (non-hydrogen) atoms. The van der Waals surface area contributed by atoms with Gasteiger partial charge in [-0.25, -0.2) is 4.98 Å². The Kier molecular flexibility index (Phi) is 4.43. The summed E-state index contributed by atoms with van der Waals surface area (Å²) >= 11 is 0. The number of aromatic nitrogens is 2. The van der Waals surface area contributed by atoms with Crippen LogP contribution in [0.1, 0.15) is 41.7 Å². The Morgan fingerprint density at radius 1 is 1.30 bits per heavy atom. The zero-order chi connectivity index (χ0) is 16.4. The Hall–Kier alpha value is -2.21. The van der Waals surface area contributed by atoms with Crippen LogP contribution in [0.4, 0.5) is 0 Å². The van der Waals surface area contributed by atoms with Crippen LogP contribution in [-0.2, 0) is 4.74 Å². The lowest BCUT2D eigenvalue weighted by Crippen LogP contribution is -2.41. The van der Waals surface area contributed by atoms with Crippen molar-refractivity contribution in [3.8, 4) is 0 Å². The van der Waals surface area contributed by atoms with Crippen LogP contribution in [0.3, 0.4) is 0 Å². The minimum atomic E-state index is -0.346. The Labute approximate surface area is 134 Å². The Bertz CT molecular complexity index is 776. The largest absolute Gasteiger partial charge is 0.381 e. The van der Waals surface area contributed by atoms with E-state index in [9.17, 15) is 9.59 Å². The second-order valence-corrected chi connectivity index (χ2v) is 6.02. The molecule has 122 valence electrons. The molecule has 1 fully saturated rings. The maximum Gasteiger partial charge on any atom is 0.270 e. The minimum absolute atomic E-state index is 0.0886. The highest BCUT2D eigenvalue weighted by molar-refractivity contribution is 5.93. The summed E-state index contributed by atoms with van der Waals surface area (Å²) in [5.41, 5.74) is 1.07. The molecule has 0 spiro atoms. The van der Waals surface area contributed by atoms with Crippen LogP contribution in [0.2, 0.25) is 0 Å². The first-order chi connectivity index (χ1) is 11.1. The Balaban J connectivity index is 1.81. The quantitative estimate of drug-likeness (QED) is 0.935. The van der Waals surface area contributed by atoms with Gasteiger partial charge in [-0.3, -0.25) is 14.0 Å². The highest BCUT2D eigenvalue weighted by atomic mass is 16.5. The zero-order valence-corrected chi connectivity index (χ0v) is 13.4. The van der Waals surface area contributed by atoms with Gasteiger partial charge in [-0.15, -0.1) is 0 Å². The summed E-state index contributed by atoms with van der Waals surface area (Å²) in [6, 6.07) is 5.50. The van der Waals surface area contributed by atoms with Gasteiger partial charge in [-0.05, 0) is 44.7 Å². The minimum Gasteiger partial charge on any atom is -0.381 e. The summed E-state index contributed by atoms with van der Waals surface area (Å²) < 4.78 is 6.80. The monoisotopic (exact) mass is 315 g/mol.